The molecule has 1 aromatic carbocycles. The lowest BCUT2D eigenvalue weighted by molar-refractivity contribution is -0.190. The van der Waals surface area contributed by atoms with Gasteiger partial charge in [0.05, 0.1) is 41.0 Å². The highest BCUT2D eigenvalue weighted by Gasteiger charge is 2.44. The van der Waals surface area contributed by atoms with Gasteiger partial charge in [0.1, 0.15) is 28.4 Å². The lowest BCUT2D eigenvalue weighted by Gasteiger charge is -2.42. The average molecular weight is 661 g/mol. The Labute approximate surface area is 240 Å². The molecule has 2 N–H and O–H groups in total. The van der Waals surface area contributed by atoms with Crippen LogP contribution >= 0.6 is 27.3 Å². The first-order valence-corrected chi connectivity index (χ1v) is 13.4. The molecule has 1 amide bonds. The minimum absolute atomic E-state index is 0.0437. The van der Waals surface area contributed by atoms with Crippen molar-refractivity contribution in [3.8, 4) is 29.0 Å². The Morgan fingerprint density at radius 2 is 1.98 bits per heavy atom. The Balaban J connectivity index is 1.71. The fraction of sp³-hybridized carbons (Fsp3) is 0.360. The molecule has 0 saturated carbocycles. The van der Waals surface area contributed by atoms with Gasteiger partial charge in [-0.15, -0.1) is 11.3 Å². The number of aromatic nitrogens is 2. The smallest absolute Gasteiger partial charge is 0.385 e. The topological polar surface area (TPSA) is 117 Å². The molecule has 9 nitrogen and oxygen atoms in total. The van der Waals surface area contributed by atoms with Crippen LogP contribution in [0.5, 0.6) is 6.01 Å². The number of hydrogen-bond donors (Lipinski definition) is 1. The summed E-state index contributed by atoms with van der Waals surface area (Å²) in [6, 6.07) is 2.75. The maximum atomic E-state index is 14.0. The number of fused-ring (bicyclic) bond motifs is 1. The van der Waals surface area contributed by atoms with Crippen LogP contribution in [-0.4, -0.2) is 70.0 Å². The lowest BCUT2D eigenvalue weighted by Crippen LogP contribution is -2.60. The Hall–Kier alpha value is -3.39. The van der Waals surface area contributed by atoms with Crippen molar-refractivity contribution in [3.63, 3.8) is 0 Å². The van der Waals surface area contributed by atoms with Crippen LogP contribution in [0.25, 0.3) is 21.3 Å². The van der Waals surface area contributed by atoms with E-state index in [0.29, 0.717) is 4.57 Å². The molecular weight excluding hydrogens is 643 g/mol. The Morgan fingerprint density at radius 1 is 1.29 bits per heavy atom. The molecule has 4 heterocycles. The number of benzene rings is 1. The minimum Gasteiger partial charge on any atom is -0.385 e. The summed E-state index contributed by atoms with van der Waals surface area (Å²) in [5.41, 5.74) is 2.87. The van der Waals surface area contributed by atoms with Gasteiger partial charge in [0, 0.05) is 5.56 Å². The molecule has 2 aliphatic rings. The van der Waals surface area contributed by atoms with Gasteiger partial charge in [-0.3, -0.25) is 14.2 Å². The van der Waals surface area contributed by atoms with Crippen molar-refractivity contribution >= 4 is 49.4 Å². The summed E-state index contributed by atoms with van der Waals surface area (Å²) in [5, 5.41) is -0.174. The highest BCUT2D eigenvalue weighted by molar-refractivity contribution is 9.10. The zero-order chi connectivity index (χ0) is 29.9. The van der Waals surface area contributed by atoms with Gasteiger partial charge in [-0.25, -0.2) is 13.6 Å². The fourth-order valence-corrected chi connectivity index (χ4v) is 5.59. The third-order valence-electron chi connectivity index (χ3n) is 6.23. The van der Waals surface area contributed by atoms with E-state index in [9.17, 15) is 36.3 Å². The van der Waals surface area contributed by atoms with Crippen LogP contribution in [0, 0.1) is 17.7 Å². The normalized spacial score (nSPS) is 17.3. The number of amides is 1. The van der Waals surface area contributed by atoms with Gasteiger partial charge in [0.15, 0.2) is 0 Å². The summed E-state index contributed by atoms with van der Waals surface area (Å²) < 4.78 is 77.2. The van der Waals surface area contributed by atoms with Gasteiger partial charge in [-0.1, -0.05) is 17.9 Å². The third kappa shape index (κ3) is 5.71. The largest absolute Gasteiger partial charge is 0.491 e. The first kappa shape index (κ1) is 29.1. The Morgan fingerprint density at radius 3 is 2.54 bits per heavy atom. The Bertz CT molecular complexity index is 1710. The average Bonchev–Trinajstić information content (AvgIpc) is 3.21. The van der Waals surface area contributed by atoms with Gasteiger partial charge in [-0.05, 0) is 40.5 Å². The van der Waals surface area contributed by atoms with Crippen LogP contribution in [-0.2, 0) is 20.9 Å². The van der Waals surface area contributed by atoms with Gasteiger partial charge in [0.25, 0.3) is 5.56 Å². The molecule has 0 radical (unpaired) electrons. The third-order valence-corrected chi connectivity index (χ3v) is 7.84. The van der Waals surface area contributed by atoms with E-state index in [1.807, 2.05) is 0 Å². The number of ether oxygens (including phenoxy) is 2. The number of thiophene rings is 1. The molecule has 3 aromatic rings. The van der Waals surface area contributed by atoms with Crippen LogP contribution in [0.3, 0.4) is 0 Å². The van der Waals surface area contributed by atoms with Gasteiger partial charge in [-0.2, -0.15) is 18.2 Å². The number of carbonyl (C=O) groups is 2. The number of alkyl halides is 4. The molecule has 16 heteroatoms. The second-order valence-electron chi connectivity index (χ2n) is 9.85. The van der Waals surface area contributed by atoms with Crippen LogP contribution in [0.1, 0.15) is 11.8 Å². The number of likely N-dealkylation sites (tertiary alicyclic amines) is 1. The van der Waals surface area contributed by atoms with Crippen molar-refractivity contribution in [3.05, 3.63) is 43.7 Å². The van der Waals surface area contributed by atoms with Gasteiger partial charge < -0.3 is 20.1 Å². The summed E-state index contributed by atoms with van der Waals surface area (Å²) in [5.74, 6) is 1.61. The number of hydrogen-bond acceptors (Lipinski definition) is 8. The van der Waals surface area contributed by atoms with E-state index >= 15 is 0 Å². The molecule has 0 aliphatic carbocycles. The van der Waals surface area contributed by atoms with E-state index in [1.54, 1.807) is 0 Å². The highest BCUT2D eigenvalue weighted by atomic mass is 79.9. The zero-order valence-electron chi connectivity index (χ0n) is 20.9. The lowest BCUT2D eigenvalue weighted by atomic mass is 9.99. The second kappa shape index (κ2) is 10.2. The molecule has 2 aromatic heterocycles. The first-order chi connectivity index (χ1) is 19.1. The number of nitrogens with zero attached hydrogens (tertiary/aromatic N) is 3. The van der Waals surface area contributed by atoms with Crippen LogP contribution in [0.2, 0.25) is 0 Å². The summed E-state index contributed by atoms with van der Waals surface area (Å²) in [6.07, 6.45) is -5.44. The van der Waals surface area contributed by atoms with Crippen LogP contribution in [0.15, 0.2) is 27.5 Å². The number of halogens is 6. The number of carbonyl (C=O) groups excluding carboxylic acids is 2. The van der Waals surface area contributed by atoms with Gasteiger partial charge in [0.2, 0.25) is 5.91 Å². The molecule has 0 spiro atoms. The fourth-order valence-electron chi connectivity index (χ4n) is 4.18. The van der Waals surface area contributed by atoms with Crippen molar-refractivity contribution in [1.82, 2.24) is 14.5 Å². The number of esters is 1. The van der Waals surface area contributed by atoms with Crippen molar-refractivity contribution < 1.29 is 41.0 Å². The monoisotopic (exact) mass is 660 g/mol. The van der Waals surface area contributed by atoms with E-state index in [4.69, 9.17) is 10.5 Å². The SMILES string of the molecule is CC1(F)CN(C(=O)Cn2c(OC(=O)C(F)(F)F)nc3sc(C#CC4(N)COC4)c(-c4ccc(F)c(Br)c4)c3c2=O)C1. The molecule has 2 saturated heterocycles. The number of nitrogens with two attached hydrogens (primary N) is 1. The van der Waals surface area contributed by atoms with E-state index < -0.39 is 53.2 Å². The highest BCUT2D eigenvalue weighted by Crippen LogP contribution is 2.38. The Kier molecular flexibility index (Phi) is 7.21. The van der Waals surface area contributed by atoms with Crippen molar-refractivity contribution in [2.75, 3.05) is 26.3 Å². The van der Waals surface area contributed by atoms with Crippen molar-refractivity contribution in [2.24, 2.45) is 5.73 Å². The zero-order valence-corrected chi connectivity index (χ0v) is 23.3. The molecule has 0 atom stereocenters. The molecule has 2 fully saturated rings. The summed E-state index contributed by atoms with van der Waals surface area (Å²) in [4.78, 5) is 43.4. The predicted molar refractivity (Wildman–Crippen MR) is 139 cm³/mol. The number of rotatable bonds is 4. The second-order valence-corrected chi connectivity index (χ2v) is 11.7. The maximum Gasteiger partial charge on any atom is 0.491 e. The molecule has 0 unspecified atom stereocenters. The quantitative estimate of drug-likeness (QED) is 0.260. The minimum atomic E-state index is -5.44. The molecule has 0 bridgehead atoms. The van der Waals surface area contributed by atoms with Gasteiger partial charge >= 0.3 is 18.2 Å². The predicted octanol–water partition coefficient (Wildman–Crippen LogP) is 3.14. The molecule has 41 heavy (non-hydrogen) atoms. The van der Waals surface area contributed by atoms with E-state index in [-0.39, 0.29) is 57.0 Å². The molecular formula is C25H18BrF5N4O5S. The standard InChI is InChI=1S/C25H18BrF5N4O5S/c1-23(28)8-34(9-23)16(36)7-35-20(37)18-17(12-2-3-14(27)13(26)6-12)15(4-5-24(32)10-39-11-24)41-19(18)33-22(35)40-21(38)25(29,30)31/h2-3,6H,7-11,32H2,1H3. The molecule has 5 rings (SSSR count). The van der Waals surface area contributed by atoms with E-state index in [2.05, 4.69) is 37.5 Å². The van der Waals surface area contributed by atoms with Crippen LogP contribution < -0.4 is 16.0 Å². The first-order valence-electron chi connectivity index (χ1n) is 11.8. The maximum absolute atomic E-state index is 14.0. The molecule has 216 valence electrons. The van der Waals surface area contributed by atoms with E-state index in [0.717, 1.165) is 22.3 Å². The molecule has 2 aliphatic heterocycles. The summed E-state index contributed by atoms with van der Waals surface area (Å²) in [6.45, 7) is 0.0419. The summed E-state index contributed by atoms with van der Waals surface area (Å²) in [7, 11) is 0. The van der Waals surface area contributed by atoms with Crippen LogP contribution in [0.4, 0.5) is 22.0 Å². The van der Waals surface area contributed by atoms with E-state index in [1.165, 1.54) is 19.1 Å². The van der Waals surface area contributed by atoms with Crippen molar-refractivity contribution in [1.29, 1.82) is 0 Å². The summed E-state index contributed by atoms with van der Waals surface area (Å²) >= 11 is 3.88. The van der Waals surface area contributed by atoms with Crippen molar-refractivity contribution in [2.45, 2.75) is 30.9 Å².